The highest BCUT2D eigenvalue weighted by atomic mass is 19.4. The van der Waals surface area contributed by atoms with Gasteiger partial charge in [0, 0.05) is 51.5 Å². The number of anilines is 1. The fraction of sp³-hybridized carbons (Fsp3) is 0.320. The van der Waals surface area contributed by atoms with Crippen molar-refractivity contribution >= 4 is 11.9 Å². The van der Waals surface area contributed by atoms with E-state index in [1.165, 1.54) is 37.5 Å². The molecule has 6 nitrogen and oxygen atoms in total. The molecule has 1 aliphatic heterocycles. The highest BCUT2D eigenvalue weighted by Gasteiger charge is 2.37. The Bertz CT molecular complexity index is 1270. The van der Waals surface area contributed by atoms with E-state index in [1.807, 2.05) is 4.90 Å². The smallest absolute Gasteiger partial charge is 0.338 e. The molecule has 0 unspecified atom stereocenters. The Hall–Kier alpha value is -3.74. The lowest BCUT2D eigenvalue weighted by Gasteiger charge is -2.28. The summed E-state index contributed by atoms with van der Waals surface area (Å²) in [6.07, 6.45) is -8.76. The monoisotopic (exact) mass is 541 g/mol. The van der Waals surface area contributed by atoms with Crippen LogP contribution in [0.25, 0.3) is 11.3 Å². The molecule has 0 bridgehead atoms. The summed E-state index contributed by atoms with van der Waals surface area (Å²) >= 11 is 0. The molecule has 38 heavy (non-hydrogen) atoms. The minimum absolute atomic E-state index is 0.0284. The molecule has 4 rings (SSSR count). The van der Waals surface area contributed by atoms with Gasteiger partial charge in [-0.15, -0.1) is 0 Å². The Morgan fingerprint density at radius 1 is 0.974 bits per heavy atom. The molecular weight excluding hydrogens is 519 g/mol. The van der Waals surface area contributed by atoms with Crippen LogP contribution in [0.2, 0.25) is 0 Å². The second-order valence-corrected chi connectivity index (χ2v) is 8.75. The van der Waals surface area contributed by atoms with Crippen molar-refractivity contribution in [3.63, 3.8) is 0 Å². The van der Waals surface area contributed by atoms with Gasteiger partial charge in [0.25, 0.3) is 5.91 Å². The predicted octanol–water partition coefficient (Wildman–Crippen LogP) is 5.00. The number of halogens is 7. The average molecular weight is 541 g/mol. The van der Waals surface area contributed by atoms with E-state index < -0.39 is 41.7 Å². The van der Waals surface area contributed by atoms with Crippen molar-refractivity contribution in [1.29, 1.82) is 0 Å². The van der Waals surface area contributed by atoms with Crippen molar-refractivity contribution in [2.24, 2.45) is 0 Å². The quantitative estimate of drug-likeness (QED) is 0.461. The van der Waals surface area contributed by atoms with E-state index in [-0.39, 0.29) is 22.9 Å². The van der Waals surface area contributed by atoms with E-state index in [2.05, 4.69) is 15.3 Å². The third kappa shape index (κ3) is 6.21. The summed E-state index contributed by atoms with van der Waals surface area (Å²) in [6.45, 7) is 2.04. The van der Waals surface area contributed by atoms with Gasteiger partial charge in [-0.25, -0.2) is 14.4 Å². The third-order valence-electron chi connectivity index (χ3n) is 5.94. The van der Waals surface area contributed by atoms with Crippen LogP contribution in [0.1, 0.15) is 27.0 Å². The number of hydrogen-bond acceptors (Lipinski definition) is 5. The Labute approximate surface area is 213 Å². The first-order valence-electron chi connectivity index (χ1n) is 11.5. The van der Waals surface area contributed by atoms with E-state index in [0.717, 1.165) is 4.90 Å². The maximum absolute atomic E-state index is 13.6. The van der Waals surface area contributed by atoms with Crippen molar-refractivity contribution in [3.8, 4) is 11.3 Å². The fourth-order valence-electron chi connectivity index (χ4n) is 4.04. The fourth-order valence-corrected chi connectivity index (χ4v) is 4.04. The predicted molar refractivity (Wildman–Crippen MR) is 125 cm³/mol. The first kappa shape index (κ1) is 27.3. The zero-order chi connectivity index (χ0) is 27.7. The second-order valence-electron chi connectivity index (χ2n) is 8.75. The van der Waals surface area contributed by atoms with Crippen LogP contribution in [0.5, 0.6) is 0 Å². The Morgan fingerprint density at radius 2 is 1.55 bits per heavy atom. The van der Waals surface area contributed by atoms with E-state index in [1.54, 1.807) is 0 Å². The second kappa shape index (κ2) is 10.6. The molecule has 3 aromatic rings. The van der Waals surface area contributed by atoms with Crippen molar-refractivity contribution < 1.29 is 35.5 Å². The number of carbonyl (C=O) groups is 1. The number of benzene rings is 2. The summed E-state index contributed by atoms with van der Waals surface area (Å²) in [4.78, 5) is 25.0. The summed E-state index contributed by atoms with van der Waals surface area (Å²) < 4.78 is 93.1. The van der Waals surface area contributed by atoms with Crippen LogP contribution in [-0.2, 0) is 18.9 Å². The largest absolute Gasteiger partial charge is 0.416 e. The molecule has 1 aliphatic rings. The molecule has 13 heteroatoms. The Balaban J connectivity index is 1.69. The average Bonchev–Trinajstić information content (AvgIpc) is 2.87. The molecule has 1 amide bonds. The van der Waals surface area contributed by atoms with Gasteiger partial charge in [-0.3, -0.25) is 4.79 Å². The van der Waals surface area contributed by atoms with Crippen LogP contribution in [0.3, 0.4) is 0 Å². The van der Waals surface area contributed by atoms with Gasteiger partial charge < -0.3 is 15.1 Å². The molecule has 1 saturated heterocycles. The van der Waals surface area contributed by atoms with Crippen LogP contribution >= 0.6 is 0 Å². The molecule has 2 heterocycles. The van der Waals surface area contributed by atoms with Gasteiger partial charge in [0.15, 0.2) is 0 Å². The van der Waals surface area contributed by atoms with Crippen LogP contribution in [-0.4, -0.2) is 54.0 Å². The maximum Gasteiger partial charge on any atom is 0.416 e. The van der Waals surface area contributed by atoms with E-state index in [9.17, 15) is 35.5 Å². The van der Waals surface area contributed by atoms with Gasteiger partial charge in [0.05, 0.1) is 22.4 Å². The zero-order valence-electron chi connectivity index (χ0n) is 20.0. The number of rotatable bonds is 5. The number of nitrogens with one attached hydrogen (secondary N) is 1. The van der Waals surface area contributed by atoms with Gasteiger partial charge in [-0.1, -0.05) is 0 Å². The highest BCUT2D eigenvalue weighted by molar-refractivity contribution is 5.99. The lowest BCUT2D eigenvalue weighted by atomic mass is 10.0. The van der Waals surface area contributed by atoms with Crippen LogP contribution in [0, 0.1) is 5.82 Å². The number of piperazine rings is 1. The lowest BCUT2D eigenvalue weighted by molar-refractivity contribution is -0.143. The molecule has 0 radical (unpaired) electrons. The summed E-state index contributed by atoms with van der Waals surface area (Å²) in [5.74, 6) is -0.917. The summed E-state index contributed by atoms with van der Waals surface area (Å²) in [6, 6.07) is 6.37. The van der Waals surface area contributed by atoms with E-state index >= 15 is 0 Å². The molecule has 1 fully saturated rings. The Morgan fingerprint density at radius 3 is 2.11 bits per heavy atom. The minimum atomic E-state index is -5.01. The molecule has 1 N–H and O–H groups in total. The molecule has 0 atom stereocenters. The minimum Gasteiger partial charge on any atom is -0.338 e. The first-order valence-corrected chi connectivity index (χ1v) is 11.5. The van der Waals surface area contributed by atoms with E-state index in [0.29, 0.717) is 49.8 Å². The number of hydrogen-bond donors (Lipinski definition) is 1. The third-order valence-corrected chi connectivity index (χ3v) is 5.94. The summed E-state index contributed by atoms with van der Waals surface area (Å²) in [7, 11) is 1.24. The van der Waals surface area contributed by atoms with E-state index in [4.69, 9.17) is 0 Å². The number of alkyl halides is 6. The molecule has 0 saturated carbocycles. The lowest BCUT2D eigenvalue weighted by Crippen LogP contribution is -2.44. The summed E-state index contributed by atoms with van der Waals surface area (Å²) in [5, 5.41) is 3.19. The van der Waals surface area contributed by atoms with Gasteiger partial charge in [-0.05, 0) is 48.0 Å². The number of amides is 1. The molecular formula is C25H22F7N5O. The number of nitrogens with zero attached hydrogens (tertiary/aromatic N) is 4. The van der Waals surface area contributed by atoms with Gasteiger partial charge in [0.1, 0.15) is 5.82 Å². The van der Waals surface area contributed by atoms with Crippen LogP contribution < -0.4 is 10.2 Å². The first-order chi connectivity index (χ1) is 17.8. The van der Waals surface area contributed by atoms with Crippen molar-refractivity contribution in [2.45, 2.75) is 18.9 Å². The van der Waals surface area contributed by atoms with Crippen molar-refractivity contribution in [3.05, 3.63) is 76.7 Å². The summed E-state index contributed by atoms with van der Waals surface area (Å²) in [5.41, 5.74) is -2.80. The van der Waals surface area contributed by atoms with Crippen LogP contribution in [0.4, 0.5) is 36.7 Å². The zero-order valence-corrected chi connectivity index (χ0v) is 20.0. The van der Waals surface area contributed by atoms with Crippen molar-refractivity contribution in [1.82, 2.24) is 20.2 Å². The molecule has 1 aromatic heterocycles. The van der Waals surface area contributed by atoms with Crippen molar-refractivity contribution in [2.75, 3.05) is 38.1 Å². The van der Waals surface area contributed by atoms with Gasteiger partial charge >= 0.3 is 12.4 Å². The molecule has 0 spiro atoms. The molecule has 0 aliphatic carbocycles. The SMILES string of the molecule is CN(Cc1cc(C(F)(F)F)cc(C(F)(F)F)c1)C(=O)c1cnc(N2CCNCC2)nc1-c1ccc(F)cc1. The normalized spacial score (nSPS) is 14.5. The standard InChI is InChI=1S/C25H22F7N5O/c1-36(14-15-10-17(24(27,28)29)12-18(11-15)25(30,31)32)22(38)20-13-34-23(37-8-6-33-7-9-37)35-21(20)16-2-4-19(26)5-3-16/h2-5,10-13,33H,6-9,14H2,1H3. The highest BCUT2D eigenvalue weighted by Crippen LogP contribution is 2.36. The molecule has 202 valence electrons. The number of carbonyl (C=O) groups excluding carboxylic acids is 1. The van der Waals surface area contributed by atoms with Gasteiger partial charge in [-0.2, -0.15) is 26.3 Å². The topological polar surface area (TPSA) is 61.4 Å². The van der Waals surface area contributed by atoms with Gasteiger partial charge in [0.2, 0.25) is 5.95 Å². The van der Waals surface area contributed by atoms with Crippen LogP contribution in [0.15, 0.2) is 48.7 Å². The Kier molecular flexibility index (Phi) is 7.58. The number of aromatic nitrogens is 2. The molecule has 2 aromatic carbocycles. The maximum atomic E-state index is 13.6.